The first-order chi connectivity index (χ1) is 11.5. The normalized spacial score (nSPS) is 12.8. The highest BCUT2D eigenvalue weighted by molar-refractivity contribution is 8.08. The summed E-state index contributed by atoms with van der Waals surface area (Å²) >= 11 is 7.62. The maximum absolute atomic E-state index is 11.7. The highest BCUT2D eigenvalue weighted by Gasteiger charge is 2.26. The zero-order valence-corrected chi connectivity index (χ0v) is 15.4. The Labute approximate surface area is 151 Å². The molecule has 2 aromatic carbocycles. The molecule has 0 unspecified atom stereocenters. The van der Waals surface area contributed by atoms with E-state index in [0.717, 1.165) is 44.4 Å². The summed E-state index contributed by atoms with van der Waals surface area (Å²) in [6.45, 7) is 5.62. The number of aryl methyl sites for hydroxylation is 1. The molecule has 0 aromatic heterocycles. The third-order valence-electron chi connectivity index (χ3n) is 3.83. The molecule has 0 saturated heterocycles. The zero-order chi connectivity index (χ0) is 17.3. The Balaban J connectivity index is 2.06. The summed E-state index contributed by atoms with van der Waals surface area (Å²) in [7, 11) is 0. The lowest BCUT2D eigenvalue weighted by molar-refractivity contribution is -0.114. The zero-order valence-electron chi connectivity index (χ0n) is 13.8. The van der Waals surface area contributed by atoms with E-state index in [9.17, 15) is 4.79 Å². The van der Waals surface area contributed by atoms with Crippen LogP contribution < -0.4 is 10.6 Å². The summed E-state index contributed by atoms with van der Waals surface area (Å²) in [5.74, 6) is -0.0708. The van der Waals surface area contributed by atoms with Gasteiger partial charge >= 0.3 is 0 Å². The van der Waals surface area contributed by atoms with Crippen LogP contribution in [0.15, 0.2) is 47.0 Å². The Hall–Kier alpha value is -1.91. The third-order valence-corrected chi connectivity index (χ3v) is 5.29. The van der Waals surface area contributed by atoms with Gasteiger partial charge in [0.1, 0.15) is 0 Å². The van der Waals surface area contributed by atoms with Crippen molar-refractivity contribution in [1.29, 1.82) is 0 Å². The number of nitrogens with one attached hydrogen (secondary N) is 1. The number of anilines is 1. The number of rotatable bonds is 4. The van der Waals surface area contributed by atoms with E-state index < -0.39 is 0 Å². The number of nitrogens with zero attached hydrogens (tertiary/aromatic N) is 1. The predicted molar refractivity (Wildman–Crippen MR) is 102 cm³/mol. The predicted octanol–water partition coefficient (Wildman–Crippen LogP) is 5.59. The van der Waals surface area contributed by atoms with Gasteiger partial charge in [0.15, 0.2) is 0 Å². The van der Waals surface area contributed by atoms with Crippen molar-refractivity contribution in [3.8, 4) is 0 Å². The van der Waals surface area contributed by atoms with E-state index in [0.29, 0.717) is 5.02 Å². The summed E-state index contributed by atoms with van der Waals surface area (Å²) in [5, 5.41) is 8.39. The minimum absolute atomic E-state index is 0.0708. The van der Waals surface area contributed by atoms with Gasteiger partial charge in [-0.15, -0.1) is 0 Å². The molecule has 0 atom stereocenters. The highest BCUT2D eigenvalue weighted by atomic mass is 35.5. The number of fused-ring (bicyclic) bond motifs is 1. The molecule has 3 rings (SSSR count). The van der Waals surface area contributed by atoms with Crippen LogP contribution in [-0.2, 0) is 11.2 Å². The molecule has 1 aliphatic heterocycles. The Morgan fingerprint density at radius 3 is 2.54 bits per heavy atom. The van der Waals surface area contributed by atoms with Gasteiger partial charge in [-0.25, -0.2) is 0 Å². The second kappa shape index (κ2) is 6.91. The standard InChI is InChI=1S/C19H18ClN2OS/c1-4-13-5-10-16-17(18(13)22-12(3)23)19(11(2)21-16)24-15-8-6-14(20)7-9-15/h5-10H,4H2,1-3H3,(H,22,23). The van der Waals surface area contributed by atoms with Crippen molar-refractivity contribution in [1.82, 2.24) is 5.32 Å². The molecule has 1 amide bonds. The molecule has 0 aliphatic carbocycles. The minimum atomic E-state index is -0.0708. The first kappa shape index (κ1) is 16.9. The second-order valence-corrected chi connectivity index (χ2v) is 7.13. The van der Waals surface area contributed by atoms with Crippen LogP contribution in [0.1, 0.15) is 31.9 Å². The number of allylic oxidation sites excluding steroid dienone is 1. The summed E-state index contributed by atoms with van der Waals surface area (Å²) in [6, 6.07) is 11.8. The van der Waals surface area contributed by atoms with Crippen molar-refractivity contribution in [3.05, 3.63) is 58.2 Å². The number of amides is 1. The van der Waals surface area contributed by atoms with Crippen molar-refractivity contribution >= 4 is 45.5 Å². The smallest absolute Gasteiger partial charge is 0.221 e. The van der Waals surface area contributed by atoms with Gasteiger partial charge in [-0.2, -0.15) is 0 Å². The van der Waals surface area contributed by atoms with E-state index in [4.69, 9.17) is 11.6 Å². The number of thioether (sulfide) groups is 1. The van der Waals surface area contributed by atoms with Gasteiger partial charge in [-0.1, -0.05) is 36.4 Å². The Morgan fingerprint density at radius 2 is 1.92 bits per heavy atom. The highest BCUT2D eigenvalue weighted by Crippen LogP contribution is 2.49. The fraction of sp³-hybridized carbons (Fsp3) is 0.211. The molecule has 123 valence electrons. The van der Waals surface area contributed by atoms with E-state index in [2.05, 4.69) is 17.6 Å². The maximum atomic E-state index is 11.7. The lowest BCUT2D eigenvalue weighted by atomic mass is 10.0. The van der Waals surface area contributed by atoms with Crippen molar-refractivity contribution in [2.75, 3.05) is 5.32 Å². The summed E-state index contributed by atoms with van der Waals surface area (Å²) in [6.07, 6.45) is 0.848. The summed E-state index contributed by atoms with van der Waals surface area (Å²) in [5.41, 5.74) is 4.87. The average Bonchev–Trinajstić information content (AvgIpc) is 2.85. The van der Waals surface area contributed by atoms with Crippen LogP contribution in [0.4, 0.5) is 11.4 Å². The summed E-state index contributed by atoms with van der Waals surface area (Å²) < 4.78 is 0. The van der Waals surface area contributed by atoms with E-state index in [-0.39, 0.29) is 5.91 Å². The number of halogens is 1. The van der Waals surface area contributed by atoms with Gasteiger partial charge in [-0.05, 0) is 49.2 Å². The fourth-order valence-electron chi connectivity index (χ4n) is 2.73. The molecule has 0 spiro atoms. The van der Waals surface area contributed by atoms with Gasteiger partial charge in [0.2, 0.25) is 5.91 Å². The van der Waals surface area contributed by atoms with Crippen molar-refractivity contribution in [2.45, 2.75) is 32.1 Å². The first-order valence-electron chi connectivity index (χ1n) is 7.79. The number of hydrogen-bond acceptors (Lipinski definition) is 2. The first-order valence-corrected chi connectivity index (χ1v) is 8.99. The van der Waals surface area contributed by atoms with E-state index in [1.54, 1.807) is 11.8 Å². The average molecular weight is 358 g/mol. The van der Waals surface area contributed by atoms with Gasteiger partial charge in [0, 0.05) is 27.3 Å². The molecule has 24 heavy (non-hydrogen) atoms. The van der Waals surface area contributed by atoms with Crippen LogP contribution in [0.3, 0.4) is 0 Å². The minimum Gasteiger partial charge on any atom is -0.325 e. The van der Waals surface area contributed by atoms with E-state index >= 15 is 0 Å². The number of benzene rings is 2. The fourth-order valence-corrected chi connectivity index (χ4v) is 3.86. The molecule has 1 heterocycles. The third kappa shape index (κ3) is 3.30. The molecule has 1 aliphatic rings. The second-order valence-electron chi connectivity index (χ2n) is 5.61. The quantitative estimate of drug-likeness (QED) is 0.774. The van der Waals surface area contributed by atoms with Gasteiger partial charge < -0.3 is 5.32 Å². The Bertz CT molecular complexity index is 828. The van der Waals surface area contributed by atoms with Crippen molar-refractivity contribution in [3.63, 3.8) is 0 Å². The van der Waals surface area contributed by atoms with Crippen LogP contribution >= 0.6 is 23.4 Å². The molecule has 1 radical (unpaired) electrons. The largest absolute Gasteiger partial charge is 0.325 e. The maximum Gasteiger partial charge on any atom is 0.221 e. The molecule has 0 fully saturated rings. The Kier molecular flexibility index (Phi) is 4.88. The number of carbonyl (C=O) groups excluding carboxylic acids is 1. The molecule has 2 aromatic rings. The van der Waals surface area contributed by atoms with Crippen LogP contribution in [-0.4, -0.2) is 5.91 Å². The van der Waals surface area contributed by atoms with Gasteiger partial charge in [0.05, 0.1) is 17.1 Å². The van der Waals surface area contributed by atoms with Crippen molar-refractivity contribution in [2.24, 2.45) is 0 Å². The molecule has 5 heteroatoms. The topological polar surface area (TPSA) is 43.2 Å². The van der Waals surface area contributed by atoms with Crippen LogP contribution in [0, 0.1) is 0 Å². The number of hydrogen-bond donors (Lipinski definition) is 1. The van der Waals surface area contributed by atoms with Crippen LogP contribution in [0.2, 0.25) is 5.02 Å². The Morgan fingerprint density at radius 1 is 1.21 bits per heavy atom. The van der Waals surface area contributed by atoms with Crippen molar-refractivity contribution < 1.29 is 4.79 Å². The van der Waals surface area contributed by atoms with E-state index in [1.165, 1.54) is 6.92 Å². The molecular formula is C19H18ClN2OS. The monoisotopic (exact) mass is 357 g/mol. The molecule has 0 saturated carbocycles. The number of carbonyl (C=O) groups is 1. The summed E-state index contributed by atoms with van der Waals surface area (Å²) in [4.78, 5) is 13.9. The lowest BCUT2D eigenvalue weighted by Gasteiger charge is -2.15. The van der Waals surface area contributed by atoms with Crippen LogP contribution in [0.25, 0.3) is 4.91 Å². The SMILES string of the molecule is CCc1ccc2c(c1NC(C)=O)C(Sc1ccc(Cl)cc1)=C(C)[N]2. The molecule has 3 nitrogen and oxygen atoms in total. The van der Waals surface area contributed by atoms with Gasteiger partial charge in [-0.3, -0.25) is 10.1 Å². The van der Waals surface area contributed by atoms with E-state index in [1.807, 2.05) is 43.3 Å². The lowest BCUT2D eigenvalue weighted by Crippen LogP contribution is -2.10. The molecule has 0 bridgehead atoms. The van der Waals surface area contributed by atoms with Crippen LogP contribution in [0.5, 0.6) is 0 Å². The molecule has 1 N–H and O–H groups in total. The molecular weight excluding hydrogens is 340 g/mol. The van der Waals surface area contributed by atoms with Gasteiger partial charge in [0.25, 0.3) is 0 Å².